The summed E-state index contributed by atoms with van der Waals surface area (Å²) < 4.78 is 0. The van der Waals surface area contributed by atoms with Crippen molar-refractivity contribution < 1.29 is 4.79 Å². The molecule has 0 unspecified atom stereocenters. The Hall–Kier alpha value is -3.32. The van der Waals surface area contributed by atoms with Crippen molar-refractivity contribution in [3.63, 3.8) is 0 Å². The molecule has 5 aromatic rings. The quantitative estimate of drug-likeness (QED) is 0.244. The van der Waals surface area contributed by atoms with Crippen molar-refractivity contribution in [2.45, 2.75) is 19.4 Å². The summed E-state index contributed by atoms with van der Waals surface area (Å²) in [6, 6.07) is 23.7. The van der Waals surface area contributed by atoms with E-state index in [1.165, 1.54) is 11.3 Å². The Morgan fingerprint density at radius 2 is 1.77 bits per heavy atom. The van der Waals surface area contributed by atoms with Crippen molar-refractivity contribution in [1.82, 2.24) is 9.99 Å². The molecular formula is C28H20ClN3OS2. The van der Waals surface area contributed by atoms with E-state index in [2.05, 4.69) is 18.2 Å². The van der Waals surface area contributed by atoms with Gasteiger partial charge in [0.1, 0.15) is 0 Å². The van der Waals surface area contributed by atoms with Gasteiger partial charge in [-0.05, 0) is 53.6 Å². The second-order valence-corrected chi connectivity index (χ2v) is 10.7. The fourth-order valence-corrected chi connectivity index (χ4v) is 6.32. The van der Waals surface area contributed by atoms with E-state index in [1.54, 1.807) is 16.3 Å². The van der Waals surface area contributed by atoms with E-state index in [1.807, 2.05) is 72.3 Å². The second kappa shape index (κ2) is 9.04. The van der Waals surface area contributed by atoms with Crippen LogP contribution in [-0.2, 0) is 0 Å². The van der Waals surface area contributed by atoms with Gasteiger partial charge in [0, 0.05) is 38.5 Å². The molecule has 4 nitrogen and oxygen atoms in total. The minimum atomic E-state index is -0.155. The van der Waals surface area contributed by atoms with Crippen LogP contribution in [0.4, 0.5) is 0 Å². The SMILES string of the molecule is Cc1nc2ccc(Cl)cc2c(-c2ccccc2)c1C1=NN(C(=O)c2cccs2)[C@@H](c2cccs2)C1. The van der Waals surface area contributed by atoms with Gasteiger partial charge in [0.25, 0.3) is 5.91 Å². The zero-order valence-electron chi connectivity index (χ0n) is 18.8. The molecule has 0 radical (unpaired) electrons. The maximum atomic E-state index is 13.5. The molecule has 3 aromatic heterocycles. The number of benzene rings is 2. The third kappa shape index (κ3) is 3.97. The van der Waals surface area contributed by atoms with Crippen LogP contribution in [0.3, 0.4) is 0 Å². The number of nitrogens with zero attached hydrogens (tertiary/aromatic N) is 3. The highest BCUT2D eigenvalue weighted by atomic mass is 35.5. The molecule has 0 aliphatic carbocycles. The highest BCUT2D eigenvalue weighted by molar-refractivity contribution is 7.12. The van der Waals surface area contributed by atoms with E-state index < -0.39 is 0 Å². The summed E-state index contributed by atoms with van der Waals surface area (Å²) in [4.78, 5) is 20.2. The minimum absolute atomic E-state index is 0.0795. The van der Waals surface area contributed by atoms with Gasteiger partial charge in [0.15, 0.2) is 0 Å². The van der Waals surface area contributed by atoms with Gasteiger partial charge >= 0.3 is 0 Å². The second-order valence-electron chi connectivity index (χ2n) is 8.38. The Morgan fingerprint density at radius 3 is 2.51 bits per heavy atom. The number of thiophene rings is 2. The monoisotopic (exact) mass is 513 g/mol. The molecule has 7 heteroatoms. The van der Waals surface area contributed by atoms with Crippen LogP contribution in [0.5, 0.6) is 0 Å². The van der Waals surface area contributed by atoms with Crippen LogP contribution in [0.25, 0.3) is 22.0 Å². The summed E-state index contributed by atoms with van der Waals surface area (Å²) in [5.74, 6) is -0.0795. The average Bonchev–Trinajstić information content (AvgIpc) is 3.65. The molecule has 172 valence electrons. The van der Waals surface area contributed by atoms with Gasteiger partial charge in [-0.1, -0.05) is 54.1 Å². The number of carbonyl (C=O) groups excluding carboxylic acids is 1. The molecule has 0 saturated carbocycles. The molecule has 1 amide bonds. The first-order valence-corrected chi connectivity index (χ1v) is 13.4. The number of hydrogen-bond acceptors (Lipinski definition) is 5. The largest absolute Gasteiger partial charge is 0.284 e. The van der Waals surface area contributed by atoms with Crippen molar-refractivity contribution in [2.75, 3.05) is 0 Å². The molecule has 1 aliphatic rings. The highest BCUT2D eigenvalue weighted by Gasteiger charge is 2.36. The van der Waals surface area contributed by atoms with Crippen LogP contribution < -0.4 is 0 Å². The zero-order valence-corrected chi connectivity index (χ0v) is 21.2. The predicted octanol–water partition coefficient (Wildman–Crippen LogP) is 7.98. The maximum absolute atomic E-state index is 13.5. The molecule has 2 aromatic carbocycles. The lowest BCUT2D eigenvalue weighted by molar-refractivity contribution is 0.0719. The van der Waals surface area contributed by atoms with Crippen molar-refractivity contribution in [3.05, 3.63) is 110 Å². The molecule has 0 bridgehead atoms. The maximum Gasteiger partial charge on any atom is 0.284 e. The Morgan fingerprint density at radius 1 is 0.971 bits per heavy atom. The lowest BCUT2D eigenvalue weighted by atomic mass is 9.90. The van der Waals surface area contributed by atoms with Crippen LogP contribution in [-0.4, -0.2) is 21.6 Å². The lowest BCUT2D eigenvalue weighted by Gasteiger charge is -2.19. The van der Waals surface area contributed by atoms with E-state index in [-0.39, 0.29) is 11.9 Å². The molecule has 4 heterocycles. The minimum Gasteiger partial charge on any atom is -0.266 e. The van der Waals surface area contributed by atoms with Crippen LogP contribution in [0.15, 0.2) is 88.7 Å². The third-order valence-corrected chi connectivity index (χ3v) is 8.27. The Bertz CT molecular complexity index is 1560. The van der Waals surface area contributed by atoms with Crippen molar-refractivity contribution in [1.29, 1.82) is 0 Å². The molecule has 0 spiro atoms. The number of pyridine rings is 1. The summed E-state index contributed by atoms with van der Waals surface area (Å²) in [5, 5.41) is 12.2. The molecule has 0 fully saturated rings. The smallest absolute Gasteiger partial charge is 0.266 e. The molecule has 35 heavy (non-hydrogen) atoms. The molecule has 0 N–H and O–H groups in total. The van der Waals surface area contributed by atoms with Gasteiger partial charge in [0.2, 0.25) is 0 Å². The molecule has 1 aliphatic heterocycles. The number of hydrazone groups is 1. The van der Waals surface area contributed by atoms with Crippen LogP contribution in [0.1, 0.15) is 38.3 Å². The molecule has 0 saturated heterocycles. The summed E-state index contributed by atoms with van der Waals surface area (Å²) in [6.07, 6.45) is 0.617. The van der Waals surface area contributed by atoms with E-state index >= 15 is 0 Å². The first kappa shape index (κ1) is 22.2. The van der Waals surface area contributed by atoms with Crippen molar-refractivity contribution >= 4 is 56.8 Å². The fraction of sp³-hybridized carbons (Fsp3) is 0.107. The summed E-state index contributed by atoms with van der Waals surface area (Å²) in [5.41, 5.74) is 5.71. The highest BCUT2D eigenvalue weighted by Crippen LogP contribution is 2.41. The van der Waals surface area contributed by atoms with E-state index in [0.29, 0.717) is 16.3 Å². The van der Waals surface area contributed by atoms with Gasteiger partial charge < -0.3 is 0 Å². The van der Waals surface area contributed by atoms with Gasteiger partial charge in [-0.25, -0.2) is 5.01 Å². The topological polar surface area (TPSA) is 45.6 Å². The fourth-order valence-electron chi connectivity index (χ4n) is 4.68. The predicted molar refractivity (Wildman–Crippen MR) is 146 cm³/mol. The molecule has 6 rings (SSSR count). The first-order valence-electron chi connectivity index (χ1n) is 11.2. The number of halogens is 1. The lowest BCUT2D eigenvalue weighted by Crippen LogP contribution is -2.25. The van der Waals surface area contributed by atoms with Crippen LogP contribution in [0, 0.1) is 6.92 Å². The number of fused-ring (bicyclic) bond motifs is 1. The molecule has 1 atom stereocenters. The average molecular weight is 514 g/mol. The van der Waals surface area contributed by atoms with Gasteiger partial charge in [-0.3, -0.25) is 9.78 Å². The van der Waals surface area contributed by atoms with E-state index in [9.17, 15) is 4.79 Å². The summed E-state index contributed by atoms with van der Waals surface area (Å²) in [6.45, 7) is 2.02. The number of rotatable bonds is 4. The van der Waals surface area contributed by atoms with Gasteiger partial charge in [0.05, 0.1) is 22.1 Å². The zero-order chi connectivity index (χ0) is 23.9. The number of hydrogen-bond donors (Lipinski definition) is 0. The first-order chi connectivity index (χ1) is 17.1. The third-order valence-electron chi connectivity index (χ3n) is 6.20. The number of carbonyl (C=O) groups is 1. The number of aryl methyl sites for hydroxylation is 1. The van der Waals surface area contributed by atoms with Gasteiger partial charge in [-0.15, -0.1) is 22.7 Å². The van der Waals surface area contributed by atoms with Crippen molar-refractivity contribution in [3.8, 4) is 11.1 Å². The van der Waals surface area contributed by atoms with Gasteiger partial charge in [-0.2, -0.15) is 5.10 Å². The number of amides is 1. The normalized spacial score (nSPS) is 15.5. The Balaban J connectivity index is 1.57. The van der Waals surface area contributed by atoms with Crippen LogP contribution >= 0.6 is 34.3 Å². The number of aromatic nitrogens is 1. The van der Waals surface area contributed by atoms with E-state index in [0.717, 1.165) is 43.9 Å². The standard InChI is InChI=1S/C28H20ClN3OS2/c1-17-26(27(18-7-3-2-4-8-18)20-15-19(29)11-12-21(20)30-17)22-16-23(24-9-5-13-34-24)32(31-22)28(33)25-10-6-14-35-25/h2-15,23H,16H2,1H3/t23-/m1/s1. The summed E-state index contributed by atoms with van der Waals surface area (Å²) >= 11 is 9.52. The van der Waals surface area contributed by atoms with E-state index in [4.69, 9.17) is 21.7 Å². The Kier molecular flexibility index (Phi) is 5.72. The molecular weight excluding hydrogens is 494 g/mol. The Labute approximate surface area is 216 Å². The van der Waals surface area contributed by atoms with Crippen LogP contribution in [0.2, 0.25) is 5.02 Å². The van der Waals surface area contributed by atoms with Crippen molar-refractivity contribution in [2.24, 2.45) is 5.10 Å². The summed E-state index contributed by atoms with van der Waals surface area (Å²) in [7, 11) is 0.